The first-order chi connectivity index (χ1) is 9.63. The summed E-state index contributed by atoms with van der Waals surface area (Å²) in [6, 6.07) is 8.00. The van der Waals surface area contributed by atoms with Crippen LogP contribution in [-0.2, 0) is 7.05 Å². The lowest BCUT2D eigenvalue weighted by Crippen LogP contribution is -2.25. The average molecular weight is 330 g/mol. The van der Waals surface area contributed by atoms with Crippen molar-refractivity contribution in [2.75, 3.05) is 12.3 Å². The standard InChI is InChI=1S/C14H17Cl2N3S/c1-3-17-12(14-11(16)8-18-19(14)2)9-20-13-7-5-4-6-10(13)15/h4-8,12,17H,3,9H2,1-2H3. The molecule has 0 spiro atoms. The van der Waals surface area contributed by atoms with Crippen molar-refractivity contribution in [3.05, 3.63) is 46.2 Å². The Kier molecular flexibility index (Phi) is 5.78. The highest BCUT2D eigenvalue weighted by molar-refractivity contribution is 7.99. The highest BCUT2D eigenvalue weighted by atomic mass is 35.5. The first kappa shape index (κ1) is 15.7. The van der Waals surface area contributed by atoms with Crippen LogP contribution in [0.5, 0.6) is 0 Å². The predicted molar refractivity (Wildman–Crippen MR) is 86.8 cm³/mol. The van der Waals surface area contributed by atoms with Crippen molar-refractivity contribution >= 4 is 35.0 Å². The van der Waals surface area contributed by atoms with Gasteiger partial charge in [-0.15, -0.1) is 11.8 Å². The zero-order chi connectivity index (χ0) is 14.5. The number of nitrogens with one attached hydrogen (secondary N) is 1. The maximum Gasteiger partial charge on any atom is 0.0834 e. The summed E-state index contributed by atoms with van der Waals surface area (Å²) < 4.78 is 1.82. The molecule has 1 heterocycles. The molecule has 0 fully saturated rings. The molecular weight excluding hydrogens is 313 g/mol. The van der Waals surface area contributed by atoms with E-state index in [9.17, 15) is 0 Å². The van der Waals surface area contributed by atoms with Crippen molar-refractivity contribution < 1.29 is 0 Å². The zero-order valence-corrected chi connectivity index (χ0v) is 13.8. The van der Waals surface area contributed by atoms with Gasteiger partial charge in [-0.05, 0) is 18.7 Å². The van der Waals surface area contributed by atoms with Crippen LogP contribution in [0.4, 0.5) is 0 Å². The number of rotatable bonds is 6. The summed E-state index contributed by atoms with van der Waals surface area (Å²) in [6.45, 7) is 2.95. The lowest BCUT2D eigenvalue weighted by molar-refractivity contribution is 0.553. The van der Waals surface area contributed by atoms with Gasteiger partial charge in [-0.25, -0.2) is 0 Å². The number of hydrogen-bond acceptors (Lipinski definition) is 3. The minimum atomic E-state index is 0.140. The SMILES string of the molecule is CCNC(CSc1ccccc1Cl)c1c(Cl)cnn1C. The fourth-order valence-electron chi connectivity index (χ4n) is 2.03. The summed E-state index contributed by atoms with van der Waals surface area (Å²) in [5, 5.41) is 9.12. The molecule has 0 aliphatic heterocycles. The normalized spacial score (nSPS) is 12.6. The average Bonchev–Trinajstić information content (AvgIpc) is 2.76. The molecule has 1 unspecified atom stereocenters. The molecule has 0 aliphatic carbocycles. The Bertz CT molecular complexity index is 552. The molecule has 2 rings (SSSR count). The Hall–Kier alpha value is -0.680. The molecule has 0 amide bonds. The van der Waals surface area contributed by atoms with Gasteiger partial charge in [-0.1, -0.05) is 42.3 Å². The third-order valence-corrected chi connectivity index (χ3v) is 4.86. The molecule has 0 saturated heterocycles. The van der Waals surface area contributed by atoms with Crippen molar-refractivity contribution in [1.82, 2.24) is 15.1 Å². The Morgan fingerprint density at radius 2 is 2.05 bits per heavy atom. The second-order valence-corrected chi connectivity index (χ2v) is 6.23. The number of benzene rings is 1. The summed E-state index contributed by atoms with van der Waals surface area (Å²) in [4.78, 5) is 1.08. The van der Waals surface area contributed by atoms with Gasteiger partial charge in [0.2, 0.25) is 0 Å². The van der Waals surface area contributed by atoms with Crippen LogP contribution in [0.3, 0.4) is 0 Å². The number of thioether (sulfide) groups is 1. The molecule has 0 aliphatic rings. The van der Waals surface area contributed by atoms with Crippen molar-refractivity contribution in [3.8, 4) is 0 Å². The Morgan fingerprint density at radius 1 is 1.30 bits per heavy atom. The Morgan fingerprint density at radius 3 is 2.65 bits per heavy atom. The minimum Gasteiger partial charge on any atom is -0.308 e. The molecule has 1 aromatic carbocycles. The van der Waals surface area contributed by atoms with E-state index in [0.717, 1.165) is 27.9 Å². The number of aromatic nitrogens is 2. The first-order valence-corrected chi connectivity index (χ1v) is 8.15. The maximum atomic E-state index is 6.23. The van der Waals surface area contributed by atoms with Crippen LogP contribution in [0.2, 0.25) is 10.0 Å². The van der Waals surface area contributed by atoms with Crippen molar-refractivity contribution in [2.45, 2.75) is 17.9 Å². The van der Waals surface area contributed by atoms with Crippen LogP contribution in [0.15, 0.2) is 35.4 Å². The summed E-state index contributed by atoms with van der Waals surface area (Å²) in [5.41, 5.74) is 1.01. The van der Waals surface area contributed by atoms with Crippen molar-refractivity contribution in [2.24, 2.45) is 7.05 Å². The molecule has 20 heavy (non-hydrogen) atoms. The molecule has 108 valence electrons. The molecular formula is C14H17Cl2N3S. The predicted octanol–water partition coefficient (Wildman–Crippen LogP) is 4.17. The molecule has 1 atom stereocenters. The molecule has 3 nitrogen and oxygen atoms in total. The largest absolute Gasteiger partial charge is 0.308 e. The molecule has 0 saturated carbocycles. The minimum absolute atomic E-state index is 0.140. The van der Waals surface area contributed by atoms with Crippen LogP contribution in [-0.4, -0.2) is 22.1 Å². The highest BCUT2D eigenvalue weighted by Gasteiger charge is 2.18. The van der Waals surface area contributed by atoms with Gasteiger partial charge < -0.3 is 5.32 Å². The molecule has 2 aromatic rings. The van der Waals surface area contributed by atoms with Crippen molar-refractivity contribution in [1.29, 1.82) is 0 Å². The Balaban J connectivity index is 2.13. The van der Waals surface area contributed by atoms with Crippen LogP contribution in [0.1, 0.15) is 18.7 Å². The molecule has 0 bridgehead atoms. The number of halogens is 2. The van der Waals surface area contributed by atoms with Crippen LogP contribution in [0, 0.1) is 0 Å². The number of nitrogens with zero attached hydrogens (tertiary/aromatic N) is 2. The fourth-order valence-corrected chi connectivity index (χ4v) is 3.63. The number of hydrogen-bond donors (Lipinski definition) is 1. The van der Waals surface area contributed by atoms with E-state index in [1.54, 1.807) is 18.0 Å². The van der Waals surface area contributed by atoms with Crippen LogP contribution < -0.4 is 5.32 Å². The van der Waals surface area contributed by atoms with E-state index in [-0.39, 0.29) is 6.04 Å². The van der Waals surface area contributed by atoms with Gasteiger partial charge in [0, 0.05) is 17.7 Å². The van der Waals surface area contributed by atoms with E-state index in [1.165, 1.54) is 0 Å². The van der Waals surface area contributed by atoms with Gasteiger partial charge in [0.15, 0.2) is 0 Å². The quantitative estimate of drug-likeness (QED) is 0.806. The second-order valence-electron chi connectivity index (χ2n) is 4.35. The van der Waals surface area contributed by atoms with Gasteiger partial charge in [0.05, 0.1) is 28.0 Å². The highest BCUT2D eigenvalue weighted by Crippen LogP contribution is 2.31. The topological polar surface area (TPSA) is 29.9 Å². The van der Waals surface area contributed by atoms with Crippen molar-refractivity contribution in [3.63, 3.8) is 0 Å². The molecule has 1 aromatic heterocycles. The van der Waals surface area contributed by atoms with Gasteiger partial charge in [-0.3, -0.25) is 4.68 Å². The molecule has 6 heteroatoms. The summed E-state index contributed by atoms with van der Waals surface area (Å²) in [5.74, 6) is 0.844. The second kappa shape index (κ2) is 7.36. The third-order valence-electron chi connectivity index (χ3n) is 2.96. The fraction of sp³-hybridized carbons (Fsp3) is 0.357. The summed E-state index contributed by atoms with van der Waals surface area (Å²) >= 11 is 14.1. The lowest BCUT2D eigenvalue weighted by Gasteiger charge is -2.18. The maximum absolute atomic E-state index is 6.23. The monoisotopic (exact) mass is 329 g/mol. The van der Waals surface area contributed by atoms with E-state index in [2.05, 4.69) is 17.3 Å². The van der Waals surface area contributed by atoms with E-state index in [4.69, 9.17) is 23.2 Å². The molecule has 0 radical (unpaired) electrons. The van der Waals surface area contributed by atoms with Crippen LogP contribution in [0.25, 0.3) is 0 Å². The van der Waals surface area contributed by atoms with Gasteiger partial charge in [-0.2, -0.15) is 5.10 Å². The number of aryl methyl sites for hydroxylation is 1. The summed E-state index contributed by atoms with van der Waals surface area (Å²) in [7, 11) is 1.91. The van der Waals surface area contributed by atoms with Gasteiger partial charge in [0.25, 0.3) is 0 Å². The lowest BCUT2D eigenvalue weighted by atomic mass is 10.2. The summed E-state index contributed by atoms with van der Waals surface area (Å²) in [6.07, 6.45) is 1.68. The first-order valence-electron chi connectivity index (χ1n) is 6.41. The van der Waals surface area contributed by atoms with Gasteiger partial charge >= 0.3 is 0 Å². The molecule has 1 N–H and O–H groups in total. The third kappa shape index (κ3) is 3.70. The van der Waals surface area contributed by atoms with Crippen LogP contribution >= 0.6 is 35.0 Å². The van der Waals surface area contributed by atoms with E-state index < -0.39 is 0 Å². The van der Waals surface area contributed by atoms with Gasteiger partial charge in [0.1, 0.15) is 0 Å². The van der Waals surface area contributed by atoms with E-state index in [0.29, 0.717) is 5.02 Å². The Labute approximate surface area is 133 Å². The smallest absolute Gasteiger partial charge is 0.0834 e. The van der Waals surface area contributed by atoms with E-state index in [1.807, 2.05) is 36.0 Å². The van der Waals surface area contributed by atoms with E-state index >= 15 is 0 Å². The zero-order valence-electron chi connectivity index (χ0n) is 11.4.